The van der Waals surface area contributed by atoms with E-state index < -0.39 is 14.2 Å². The summed E-state index contributed by atoms with van der Waals surface area (Å²) < 4.78 is 4.20. The highest BCUT2D eigenvalue weighted by Crippen LogP contribution is 2.37. The predicted octanol–water partition coefficient (Wildman–Crippen LogP) is 6.80. The summed E-state index contributed by atoms with van der Waals surface area (Å²) in [5.41, 5.74) is 5.84. The Bertz CT molecular complexity index is 2080. The summed E-state index contributed by atoms with van der Waals surface area (Å²) >= 11 is 3.20. The minimum atomic E-state index is -1.44. The summed E-state index contributed by atoms with van der Waals surface area (Å²) in [5, 5.41) is 42.6. The molecule has 0 aliphatic heterocycles. The molecule has 44 heavy (non-hydrogen) atoms. The summed E-state index contributed by atoms with van der Waals surface area (Å²) in [4.78, 5) is 0. The van der Waals surface area contributed by atoms with Gasteiger partial charge in [0, 0.05) is 29.6 Å². The van der Waals surface area contributed by atoms with Crippen LogP contribution in [-0.4, -0.2) is 34.3 Å². The summed E-state index contributed by atoms with van der Waals surface area (Å²) in [7, 11) is -2.88. The maximum Gasteiger partial charge on any atom is 0.489 e. The van der Waals surface area contributed by atoms with Crippen molar-refractivity contribution in [3.8, 4) is 22.3 Å². The van der Waals surface area contributed by atoms with Crippen LogP contribution in [0.25, 0.3) is 62.6 Å². The first kappa shape index (κ1) is 28.5. The molecule has 0 radical (unpaired) electrons. The van der Waals surface area contributed by atoms with E-state index in [1.165, 1.54) is 22.3 Å². The van der Waals surface area contributed by atoms with E-state index in [2.05, 4.69) is 60.7 Å². The molecule has 0 bridgehead atoms. The standard InChI is InChI=1S/2C18H13BO2S/c2*20-19(21)16-8-4-7-14-15-11-13(12-5-2-1-3-6-12)9-10-17(15)22-18(14)16/h2*1-11,20-21H. The third-order valence-corrected chi connectivity index (χ3v) is 10.3. The van der Waals surface area contributed by atoms with Gasteiger partial charge < -0.3 is 20.1 Å². The predicted molar refractivity (Wildman–Crippen MR) is 189 cm³/mol. The molecule has 4 N–H and O–H groups in total. The van der Waals surface area contributed by atoms with Crippen LogP contribution in [0.4, 0.5) is 0 Å². The van der Waals surface area contributed by atoms with Gasteiger partial charge in [-0.05, 0) is 68.2 Å². The minimum Gasteiger partial charge on any atom is -0.423 e. The quantitative estimate of drug-likeness (QED) is 0.166. The molecular weight excluding hydrogens is 582 g/mol. The molecule has 8 aromatic rings. The molecule has 0 amide bonds. The van der Waals surface area contributed by atoms with Crippen molar-refractivity contribution < 1.29 is 20.1 Å². The van der Waals surface area contributed by atoms with Gasteiger partial charge in [-0.15, -0.1) is 22.7 Å². The molecule has 0 spiro atoms. The van der Waals surface area contributed by atoms with Gasteiger partial charge in [-0.25, -0.2) is 0 Å². The molecule has 0 fully saturated rings. The SMILES string of the molecule is OB(O)c1cccc2c1sc1ccc(-c3ccccc3)cc12.OB(O)c1cccc2c1sc1ccc(-c3ccccc3)cc12. The Morgan fingerprint density at radius 3 is 1.16 bits per heavy atom. The summed E-state index contributed by atoms with van der Waals surface area (Å²) in [6.07, 6.45) is 0. The second kappa shape index (κ2) is 12.0. The lowest BCUT2D eigenvalue weighted by Crippen LogP contribution is -2.29. The molecule has 0 atom stereocenters. The van der Waals surface area contributed by atoms with Crippen LogP contribution in [0.2, 0.25) is 0 Å². The maximum atomic E-state index is 9.54. The van der Waals surface area contributed by atoms with E-state index in [0.717, 1.165) is 40.3 Å². The molecule has 4 nitrogen and oxygen atoms in total. The lowest BCUT2D eigenvalue weighted by atomic mass is 9.79. The van der Waals surface area contributed by atoms with Crippen LogP contribution in [0, 0.1) is 0 Å². The molecule has 0 aliphatic rings. The Hall–Kier alpha value is -4.27. The van der Waals surface area contributed by atoms with Crippen LogP contribution in [0.5, 0.6) is 0 Å². The molecule has 2 heterocycles. The molecular formula is C36H26B2O4S2. The van der Waals surface area contributed by atoms with Gasteiger partial charge in [-0.1, -0.05) is 109 Å². The Morgan fingerprint density at radius 1 is 0.364 bits per heavy atom. The van der Waals surface area contributed by atoms with Gasteiger partial charge in [-0.2, -0.15) is 0 Å². The van der Waals surface area contributed by atoms with E-state index >= 15 is 0 Å². The molecule has 2 aromatic heterocycles. The van der Waals surface area contributed by atoms with E-state index in [9.17, 15) is 20.1 Å². The van der Waals surface area contributed by atoms with E-state index in [0.29, 0.717) is 10.9 Å². The second-order valence-corrected chi connectivity index (χ2v) is 12.7. The molecule has 8 heteroatoms. The van der Waals surface area contributed by atoms with E-state index in [1.807, 2.05) is 60.7 Å². The number of hydrogen-bond donors (Lipinski definition) is 4. The fraction of sp³-hybridized carbons (Fsp3) is 0. The van der Waals surface area contributed by atoms with Gasteiger partial charge in [0.1, 0.15) is 0 Å². The molecule has 0 aliphatic carbocycles. The van der Waals surface area contributed by atoms with Crippen molar-refractivity contribution in [2.24, 2.45) is 0 Å². The van der Waals surface area contributed by atoms with E-state index in [-0.39, 0.29) is 0 Å². The van der Waals surface area contributed by atoms with Crippen molar-refractivity contribution in [2.45, 2.75) is 0 Å². The first-order valence-electron chi connectivity index (χ1n) is 14.2. The number of fused-ring (bicyclic) bond motifs is 6. The Kier molecular flexibility index (Phi) is 7.78. The maximum absolute atomic E-state index is 9.54. The smallest absolute Gasteiger partial charge is 0.423 e. The molecule has 0 saturated heterocycles. The summed E-state index contributed by atoms with van der Waals surface area (Å²) in [5.74, 6) is 0. The lowest BCUT2D eigenvalue weighted by molar-refractivity contribution is 0.425. The van der Waals surface area contributed by atoms with Crippen molar-refractivity contribution >= 4 is 88.2 Å². The third-order valence-electron chi connectivity index (χ3n) is 7.83. The number of benzene rings is 6. The highest BCUT2D eigenvalue weighted by Gasteiger charge is 2.19. The van der Waals surface area contributed by atoms with Gasteiger partial charge in [-0.3, -0.25) is 0 Å². The molecule has 212 valence electrons. The van der Waals surface area contributed by atoms with Crippen molar-refractivity contribution in [3.05, 3.63) is 133 Å². The normalized spacial score (nSPS) is 11.2. The number of rotatable bonds is 4. The monoisotopic (exact) mass is 608 g/mol. The molecule has 8 rings (SSSR count). The van der Waals surface area contributed by atoms with E-state index in [4.69, 9.17) is 0 Å². The number of thiophene rings is 2. The Morgan fingerprint density at radius 2 is 0.773 bits per heavy atom. The zero-order chi connectivity index (χ0) is 30.2. The third kappa shape index (κ3) is 5.33. The minimum absolute atomic E-state index is 0.569. The second-order valence-electron chi connectivity index (χ2n) is 10.6. The first-order chi connectivity index (χ1) is 21.5. The molecule has 6 aromatic carbocycles. The average Bonchev–Trinajstić information content (AvgIpc) is 3.63. The fourth-order valence-corrected chi connectivity index (χ4v) is 8.10. The Balaban J connectivity index is 0.000000142. The van der Waals surface area contributed by atoms with Crippen LogP contribution in [0.1, 0.15) is 0 Å². The summed E-state index contributed by atoms with van der Waals surface area (Å²) in [6, 6.07) is 44.7. The van der Waals surface area contributed by atoms with Gasteiger partial charge in [0.25, 0.3) is 0 Å². The van der Waals surface area contributed by atoms with Gasteiger partial charge in [0.05, 0.1) is 0 Å². The lowest BCUT2D eigenvalue weighted by Gasteiger charge is -2.02. The summed E-state index contributed by atoms with van der Waals surface area (Å²) in [6.45, 7) is 0. The van der Waals surface area contributed by atoms with Crippen molar-refractivity contribution in [1.82, 2.24) is 0 Å². The molecule has 0 unspecified atom stereocenters. The van der Waals surface area contributed by atoms with Crippen LogP contribution < -0.4 is 10.9 Å². The van der Waals surface area contributed by atoms with Crippen LogP contribution in [0.3, 0.4) is 0 Å². The van der Waals surface area contributed by atoms with Crippen molar-refractivity contribution in [2.75, 3.05) is 0 Å². The Labute approximate surface area is 263 Å². The van der Waals surface area contributed by atoms with Gasteiger partial charge in [0.2, 0.25) is 0 Å². The van der Waals surface area contributed by atoms with Gasteiger partial charge >= 0.3 is 14.2 Å². The first-order valence-corrected chi connectivity index (χ1v) is 15.8. The van der Waals surface area contributed by atoms with E-state index in [1.54, 1.807) is 34.8 Å². The van der Waals surface area contributed by atoms with Gasteiger partial charge in [0.15, 0.2) is 0 Å². The molecule has 0 saturated carbocycles. The average molecular weight is 608 g/mol. The highest BCUT2D eigenvalue weighted by molar-refractivity contribution is 7.27. The largest absolute Gasteiger partial charge is 0.489 e. The topological polar surface area (TPSA) is 80.9 Å². The van der Waals surface area contributed by atoms with Crippen LogP contribution >= 0.6 is 22.7 Å². The van der Waals surface area contributed by atoms with Crippen LogP contribution in [-0.2, 0) is 0 Å². The van der Waals surface area contributed by atoms with Crippen LogP contribution in [0.15, 0.2) is 133 Å². The highest BCUT2D eigenvalue weighted by atomic mass is 32.1. The van der Waals surface area contributed by atoms with Crippen molar-refractivity contribution in [3.63, 3.8) is 0 Å². The number of hydrogen-bond acceptors (Lipinski definition) is 6. The fourth-order valence-electron chi connectivity index (χ4n) is 5.67. The zero-order valence-electron chi connectivity index (χ0n) is 23.5. The zero-order valence-corrected chi connectivity index (χ0v) is 25.1. The van der Waals surface area contributed by atoms with Crippen molar-refractivity contribution in [1.29, 1.82) is 0 Å².